The van der Waals surface area contributed by atoms with Gasteiger partial charge in [0.15, 0.2) is 0 Å². The number of amides is 1. The largest absolute Gasteiger partial charge is 0.349 e. The van der Waals surface area contributed by atoms with Crippen molar-refractivity contribution in [1.82, 2.24) is 25.2 Å². The highest BCUT2D eigenvalue weighted by Gasteiger charge is 2.17. The molecule has 1 amide bonds. The van der Waals surface area contributed by atoms with Crippen molar-refractivity contribution in [1.29, 1.82) is 0 Å². The summed E-state index contributed by atoms with van der Waals surface area (Å²) >= 11 is 1.26. The number of rotatable bonds is 6. The zero-order valence-corrected chi connectivity index (χ0v) is 17.2. The third-order valence-corrected chi connectivity index (χ3v) is 6.08. The van der Waals surface area contributed by atoms with E-state index in [0.717, 1.165) is 18.4 Å². The van der Waals surface area contributed by atoms with E-state index in [9.17, 15) is 4.79 Å². The molecule has 1 aromatic carbocycles. The molecule has 3 N–H and O–H groups in total. The molecule has 8 heteroatoms. The number of aromatic nitrogens is 4. The van der Waals surface area contributed by atoms with Crippen LogP contribution in [0.15, 0.2) is 47.8 Å². The van der Waals surface area contributed by atoms with Gasteiger partial charge in [-0.15, -0.1) is 10.2 Å². The third kappa shape index (κ3) is 4.42. The Morgan fingerprint density at radius 3 is 2.83 bits per heavy atom. The van der Waals surface area contributed by atoms with Gasteiger partial charge in [0, 0.05) is 6.20 Å². The molecule has 1 aliphatic carbocycles. The predicted molar refractivity (Wildman–Crippen MR) is 114 cm³/mol. The molecule has 0 aliphatic heterocycles. The fourth-order valence-electron chi connectivity index (χ4n) is 3.56. The number of carbonyl (C=O) groups excluding carboxylic acids is 1. The Morgan fingerprint density at radius 1 is 1.21 bits per heavy atom. The number of thioether (sulfide) groups is 1. The number of nitrogens with zero attached hydrogens (tertiary/aromatic N) is 4. The van der Waals surface area contributed by atoms with Crippen LogP contribution >= 0.6 is 11.8 Å². The molecule has 150 valence electrons. The van der Waals surface area contributed by atoms with E-state index in [2.05, 4.69) is 38.7 Å². The van der Waals surface area contributed by atoms with Crippen molar-refractivity contribution in [2.24, 2.45) is 0 Å². The second-order valence-electron chi connectivity index (χ2n) is 7.20. The maximum absolute atomic E-state index is 12.4. The van der Waals surface area contributed by atoms with Gasteiger partial charge in [0.1, 0.15) is 5.69 Å². The molecule has 29 heavy (non-hydrogen) atoms. The summed E-state index contributed by atoms with van der Waals surface area (Å²) in [5.41, 5.74) is 4.64. The molecule has 0 spiro atoms. The maximum atomic E-state index is 12.4. The van der Waals surface area contributed by atoms with Crippen LogP contribution in [0.4, 0.5) is 0 Å². The number of hydrogen-bond donors (Lipinski definition) is 2. The fourth-order valence-corrected chi connectivity index (χ4v) is 4.23. The first-order valence-electron chi connectivity index (χ1n) is 9.77. The van der Waals surface area contributed by atoms with E-state index in [1.807, 2.05) is 25.1 Å². The van der Waals surface area contributed by atoms with Crippen LogP contribution in [-0.2, 0) is 17.6 Å². The van der Waals surface area contributed by atoms with E-state index in [4.69, 9.17) is 5.84 Å². The number of hydrogen-bond acceptors (Lipinski definition) is 6. The van der Waals surface area contributed by atoms with Crippen molar-refractivity contribution in [2.75, 3.05) is 11.6 Å². The Morgan fingerprint density at radius 2 is 2.03 bits per heavy atom. The normalized spacial score (nSPS) is 14.2. The Hall–Kier alpha value is -2.87. The van der Waals surface area contributed by atoms with Crippen LogP contribution in [0.5, 0.6) is 0 Å². The van der Waals surface area contributed by atoms with Gasteiger partial charge in [-0.3, -0.25) is 9.78 Å². The number of nitrogens with one attached hydrogen (secondary N) is 1. The molecule has 0 bridgehead atoms. The van der Waals surface area contributed by atoms with E-state index in [0.29, 0.717) is 16.7 Å². The minimum absolute atomic E-state index is 0.0462. The molecular weight excluding hydrogens is 384 g/mol. The van der Waals surface area contributed by atoms with Gasteiger partial charge in [0.05, 0.1) is 11.8 Å². The lowest BCUT2D eigenvalue weighted by atomic mass is 9.89. The highest BCUT2D eigenvalue weighted by atomic mass is 32.2. The van der Waals surface area contributed by atoms with Crippen molar-refractivity contribution >= 4 is 17.7 Å². The quantitative estimate of drug-likeness (QED) is 0.481. The highest BCUT2D eigenvalue weighted by molar-refractivity contribution is 7.99. The third-order valence-electron chi connectivity index (χ3n) is 5.14. The summed E-state index contributed by atoms with van der Waals surface area (Å²) in [6, 6.07) is 12.0. The first kappa shape index (κ1) is 19.4. The molecule has 0 radical (unpaired) electrons. The lowest BCUT2D eigenvalue weighted by molar-refractivity contribution is -0.119. The number of fused-ring (bicyclic) bond motifs is 1. The van der Waals surface area contributed by atoms with Crippen LogP contribution in [0.3, 0.4) is 0 Å². The number of pyridine rings is 1. The van der Waals surface area contributed by atoms with E-state index in [1.54, 1.807) is 6.20 Å². The molecule has 3 aromatic rings. The van der Waals surface area contributed by atoms with Crippen LogP contribution < -0.4 is 11.2 Å². The summed E-state index contributed by atoms with van der Waals surface area (Å²) in [7, 11) is 0. The standard InChI is InChI=1S/C21H24N6OS/c1-14(16-10-9-15-6-2-3-7-17(15)12-16)24-19(28)13-29-21-26-25-20(27(21)22)18-8-4-5-11-23-18/h4-5,8-12,14H,2-3,6-7,13,22H2,1H3,(H,24,28). The Labute approximate surface area is 174 Å². The average molecular weight is 409 g/mol. The van der Waals surface area contributed by atoms with Gasteiger partial charge >= 0.3 is 0 Å². The lowest BCUT2D eigenvalue weighted by Crippen LogP contribution is -2.28. The number of carbonyl (C=O) groups is 1. The minimum Gasteiger partial charge on any atom is -0.349 e. The summed E-state index contributed by atoms with van der Waals surface area (Å²) < 4.78 is 1.37. The molecule has 0 saturated carbocycles. The van der Waals surface area contributed by atoms with Gasteiger partial charge in [-0.2, -0.15) is 0 Å². The topological polar surface area (TPSA) is 98.7 Å². The molecule has 7 nitrogen and oxygen atoms in total. The van der Waals surface area contributed by atoms with Crippen molar-refractivity contribution in [2.45, 2.75) is 43.8 Å². The summed E-state index contributed by atoms with van der Waals surface area (Å²) in [6.45, 7) is 2.01. The Balaban J connectivity index is 1.35. The summed E-state index contributed by atoms with van der Waals surface area (Å²) in [6.07, 6.45) is 6.47. The molecule has 0 saturated heterocycles. The van der Waals surface area contributed by atoms with Gasteiger partial charge in [0.2, 0.25) is 16.9 Å². The van der Waals surface area contributed by atoms with Crippen LogP contribution in [0.1, 0.15) is 42.5 Å². The number of nitrogen functional groups attached to an aromatic ring is 1. The predicted octanol–water partition coefficient (Wildman–Crippen LogP) is 2.90. The molecule has 1 atom stereocenters. The van der Waals surface area contributed by atoms with Crippen molar-refractivity contribution in [3.8, 4) is 11.5 Å². The Bertz CT molecular complexity index is 1000. The number of aryl methyl sites for hydroxylation is 2. The van der Waals surface area contributed by atoms with E-state index in [1.165, 1.54) is 40.4 Å². The van der Waals surface area contributed by atoms with Crippen LogP contribution in [0.2, 0.25) is 0 Å². The second-order valence-corrected chi connectivity index (χ2v) is 8.15. The summed E-state index contributed by atoms with van der Waals surface area (Å²) in [4.78, 5) is 16.7. The summed E-state index contributed by atoms with van der Waals surface area (Å²) in [5, 5.41) is 11.7. The van der Waals surface area contributed by atoms with Crippen molar-refractivity contribution in [3.05, 3.63) is 59.3 Å². The second kappa shape index (κ2) is 8.65. The van der Waals surface area contributed by atoms with Crippen molar-refractivity contribution < 1.29 is 4.79 Å². The van der Waals surface area contributed by atoms with Crippen LogP contribution in [0, 0.1) is 0 Å². The van der Waals surface area contributed by atoms with E-state index in [-0.39, 0.29) is 17.7 Å². The number of benzene rings is 1. The van der Waals surface area contributed by atoms with Gasteiger partial charge in [-0.25, -0.2) is 4.68 Å². The SMILES string of the molecule is CC(NC(=O)CSc1nnc(-c2ccccn2)n1N)c1ccc2c(c1)CCCC2. The molecular formula is C21H24N6OS. The summed E-state index contributed by atoms with van der Waals surface area (Å²) in [5.74, 6) is 6.69. The maximum Gasteiger partial charge on any atom is 0.230 e. The monoisotopic (exact) mass is 408 g/mol. The zero-order chi connectivity index (χ0) is 20.2. The number of nitrogens with two attached hydrogens (primary N) is 1. The first-order valence-corrected chi connectivity index (χ1v) is 10.8. The van der Waals surface area contributed by atoms with Gasteiger partial charge in [-0.1, -0.05) is 36.0 Å². The van der Waals surface area contributed by atoms with Crippen LogP contribution in [0.25, 0.3) is 11.5 Å². The zero-order valence-electron chi connectivity index (χ0n) is 16.3. The lowest BCUT2D eigenvalue weighted by Gasteiger charge is -2.20. The van der Waals surface area contributed by atoms with Gasteiger partial charge in [-0.05, 0) is 61.4 Å². The first-order chi connectivity index (χ1) is 14.1. The molecule has 2 heterocycles. The molecule has 0 fully saturated rings. The van der Waals surface area contributed by atoms with E-state index < -0.39 is 0 Å². The fraction of sp³-hybridized carbons (Fsp3) is 0.333. The minimum atomic E-state index is -0.0670. The molecule has 4 rings (SSSR count). The van der Waals surface area contributed by atoms with Crippen molar-refractivity contribution in [3.63, 3.8) is 0 Å². The van der Waals surface area contributed by atoms with Gasteiger partial charge in [0.25, 0.3) is 0 Å². The van der Waals surface area contributed by atoms with Crippen LogP contribution in [-0.4, -0.2) is 31.5 Å². The Kier molecular flexibility index (Phi) is 5.80. The molecule has 1 unspecified atom stereocenters. The molecule has 1 aliphatic rings. The highest BCUT2D eigenvalue weighted by Crippen LogP contribution is 2.25. The average Bonchev–Trinajstić information content (AvgIpc) is 3.12. The smallest absolute Gasteiger partial charge is 0.230 e. The molecule has 2 aromatic heterocycles. The van der Waals surface area contributed by atoms with E-state index >= 15 is 0 Å². The van der Waals surface area contributed by atoms with Gasteiger partial charge < -0.3 is 11.2 Å².